The average Bonchev–Trinajstić information content (AvgIpc) is 3.01. The van der Waals surface area contributed by atoms with Gasteiger partial charge >= 0.3 is 0 Å². The van der Waals surface area contributed by atoms with Crippen LogP contribution in [0.1, 0.15) is 64.0 Å². The van der Waals surface area contributed by atoms with Gasteiger partial charge in [0, 0.05) is 6.42 Å². The average molecular weight is 287 g/mol. The van der Waals surface area contributed by atoms with Gasteiger partial charge in [-0.15, -0.1) is 0 Å². The summed E-state index contributed by atoms with van der Waals surface area (Å²) in [6.45, 7) is 10.8. The third-order valence-electron chi connectivity index (χ3n) is 5.10. The lowest BCUT2D eigenvalue weighted by Gasteiger charge is -2.36. The molecular weight excluding hydrogens is 258 g/mol. The molecule has 0 N–H and O–H groups in total. The molecule has 21 heavy (non-hydrogen) atoms. The van der Waals surface area contributed by atoms with E-state index in [1.165, 1.54) is 18.4 Å². The molecule has 1 aliphatic heterocycles. The minimum Gasteiger partial charge on any atom is -0.297 e. The number of Topliss-reactive ketones (excluding diaryl/α,β-unsaturated/α-hetero) is 1. The molecule has 0 saturated carbocycles. The molecule has 0 spiro atoms. The Morgan fingerprint density at radius 1 is 1.19 bits per heavy atom. The smallest absolute Gasteiger partial charge is 0.157 e. The van der Waals surface area contributed by atoms with Crippen molar-refractivity contribution in [3.05, 3.63) is 35.4 Å². The topological polar surface area (TPSA) is 20.3 Å². The second-order valence-electron chi connectivity index (χ2n) is 6.82. The summed E-state index contributed by atoms with van der Waals surface area (Å²) in [6.07, 6.45) is 3.91. The molecule has 1 aromatic carbocycles. The zero-order valence-electron chi connectivity index (χ0n) is 14.0. The summed E-state index contributed by atoms with van der Waals surface area (Å²) in [5, 5.41) is 0. The van der Waals surface area contributed by atoms with Crippen molar-refractivity contribution >= 4 is 5.78 Å². The Hall–Kier alpha value is -1.15. The molecule has 1 aromatic rings. The number of carbonyl (C=O) groups excluding carboxylic acids is 1. The van der Waals surface area contributed by atoms with Crippen LogP contribution in [0, 0.1) is 0 Å². The van der Waals surface area contributed by atoms with Crippen molar-refractivity contribution < 1.29 is 4.79 Å². The number of benzene rings is 1. The van der Waals surface area contributed by atoms with Gasteiger partial charge in [-0.2, -0.15) is 0 Å². The van der Waals surface area contributed by atoms with Gasteiger partial charge in [-0.25, -0.2) is 0 Å². The van der Waals surface area contributed by atoms with Gasteiger partial charge in [-0.3, -0.25) is 9.69 Å². The molecule has 116 valence electrons. The Balaban J connectivity index is 2.08. The highest BCUT2D eigenvalue weighted by molar-refractivity contribution is 5.89. The lowest BCUT2D eigenvalue weighted by Crippen LogP contribution is -2.51. The molecule has 1 aliphatic rings. The maximum Gasteiger partial charge on any atom is 0.157 e. The molecule has 2 heteroatoms. The zero-order valence-corrected chi connectivity index (χ0v) is 14.0. The van der Waals surface area contributed by atoms with Crippen LogP contribution in [-0.2, 0) is 11.2 Å². The van der Waals surface area contributed by atoms with Gasteiger partial charge < -0.3 is 0 Å². The molecule has 1 unspecified atom stereocenters. The molecule has 0 bridgehead atoms. The molecule has 1 saturated heterocycles. The fourth-order valence-corrected chi connectivity index (χ4v) is 3.20. The maximum absolute atomic E-state index is 12.8. The SMILES string of the molecule is CCC(C)(C(=O)Cc1ccc(C(C)C)cc1)N1CCCC1. The first-order valence-electron chi connectivity index (χ1n) is 8.34. The maximum atomic E-state index is 12.8. The van der Waals surface area contributed by atoms with Crippen molar-refractivity contribution in [1.29, 1.82) is 0 Å². The lowest BCUT2D eigenvalue weighted by atomic mass is 9.87. The van der Waals surface area contributed by atoms with Crippen molar-refractivity contribution in [3.63, 3.8) is 0 Å². The van der Waals surface area contributed by atoms with Crippen LogP contribution >= 0.6 is 0 Å². The largest absolute Gasteiger partial charge is 0.297 e. The van der Waals surface area contributed by atoms with Gasteiger partial charge in [0.2, 0.25) is 0 Å². The Morgan fingerprint density at radius 2 is 1.76 bits per heavy atom. The minimum absolute atomic E-state index is 0.285. The molecular formula is C19H29NO. The van der Waals surface area contributed by atoms with E-state index in [-0.39, 0.29) is 5.54 Å². The van der Waals surface area contributed by atoms with Crippen molar-refractivity contribution in [2.45, 2.75) is 64.8 Å². The van der Waals surface area contributed by atoms with Crippen LogP contribution in [0.15, 0.2) is 24.3 Å². The first-order valence-corrected chi connectivity index (χ1v) is 8.34. The Labute approximate surface area is 129 Å². The van der Waals surface area contributed by atoms with E-state index in [1.54, 1.807) is 0 Å². The van der Waals surface area contributed by atoms with Crippen LogP contribution in [0.4, 0.5) is 0 Å². The summed E-state index contributed by atoms with van der Waals surface area (Å²) < 4.78 is 0. The minimum atomic E-state index is -0.285. The summed E-state index contributed by atoms with van der Waals surface area (Å²) in [4.78, 5) is 15.2. The predicted molar refractivity (Wildman–Crippen MR) is 88.7 cm³/mol. The second kappa shape index (κ2) is 6.74. The van der Waals surface area contributed by atoms with Gasteiger partial charge in [0.25, 0.3) is 0 Å². The highest BCUT2D eigenvalue weighted by atomic mass is 16.1. The molecule has 1 heterocycles. The van der Waals surface area contributed by atoms with Gasteiger partial charge in [-0.1, -0.05) is 45.0 Å². The molecule has 2 nitrogen and oxygen atoms in total. The van der Waals surface area contributed by atoms with E-state index in [1.807, 2.05) is 0 Å². The van der Waals surface area contributed by atoms with Gasteiger partial charge in [0.05, 0.1) is 5.54 Å². The van der Waals surface area contributed by atoms with Crippen LogP contribution < -0.4 is 0 Å². The molecule has 0 aromatic heterocycles. The van der Waals surface area contributed by atoms with E-state index in [0.717, 1.165) is 25.1 Å². The number of carbonyl (C=O) groups is 1. The highest BCUT2D eigenvalue weighted by Gasteiger charge is 2.38. The number of hydrogen-bond acceptors (Lipinski definition) is 2. The van der Waals surface area contributed by atoms with E-state index in [0.29, 0.717) is 18.1 Å². The molecule has 0 amide bonds. The third kappa shape index (κ3) is 3.55. The molecule has 0 radical (unpaired) electrons. The molecule has 0 aliphatic carbocycles. The highest BCUT2D eigenvalue weighted by Crippen LogP contribution is 2.27. The molecule has 2 rings (SSSR count). The molecule has 1 atom stereocenters. The van der Waals surface area contributed by atoms with E-state index in [2.05, 4.69) is 56.9 Å². The van der Waals surface area contributed by atoms with E-state index in [4.69, 9.17) is 0 Å². The summed E-state index contributed by atoms with van der Waals surface area (Å²) in [7, 11) is 0. The second-order valence-corrected chi connectivity index (χ2v) is 6.82. The predicted octanol–water partition coefficient (Wildman–Crippen LogP) is 4.19. The van der Waals surface area contributed by atoms with Gasteiger partial charge in [0.1, 0.15) is 0 Å². The fourth-order valence-electron chi connectivity index (χ4n) is 3.20. The first kappa shape index (κ1) is 16.2. The van der Waals surface area contributed by atoms with Gasteiger partial charge in [0.15, 0.2) is 5.78 Å². The normalized spacial score (nSPS) is 18.9. The molecule has 1 fully saturated rings. The summed E-state index contributed by atoms with van der Waals surface area (Å²) in [5.41, 5.74) is 2.19. The van der Waals surface area contributed by atoms with Gasteiger partial charge in [-0.05, 0) is 56.3 Å². The summed E-state index contributed by atoms with van der Waals surface area (Å²) in [6, 6.07) is 8.55. The van der Waals surface area contributed by atoms with Crippen molar-refractivity contribution in [2.75, 3.05) is 13.1 Å². The van der Waals surface area contributed by atoms with Crippen LogP contribution in [0.2, 0.25) is 0 Å². The van der Waals surface area contributed by atoms with Crippen molar-refractivity contribution in [1.82, 2.24) is 4.90 Å². The number of ketones is 1. The number of rotatable bonds is 6. The van der Waals surface area contributed by atoms with Crippen LogP contribution in [0.5, 0.6) is 0 Å². The van der Waals surface area contributed by atoms with Crippen molar-refractivity contribution in [3.8, 4) is 0 Å². The first-order chi connectivity index (χ1) is 9.97. The van der Waals surface area contributed by atoms with E-state index in [9.17, 15) is 4.79 Å². The van der Waals surface area contributed by atoms with Crippen LogP contribution in [-0.4, -0.2) is 29.3 Å². The fraction of sp³-hybridized carbons (Fsp3) is 0.632. The van der Waals surface area contributed by atoms with Crippen LogP contribution in [0.3, 0.4) is 0 Å². The monoisotopic (exact) mass is 287 g/mol. The number of hydrogen-bond donors (Lipinski definition) is 0. The van der Waals surface area contributed by atoms with Crippen molar-refractivity contribution in [2.24, 2.45) is 0 Å². The quantitative estimate of drug-likeness (QED) is 0.782. The summed E-state index contributed by atoms with van der Waals surface area (Å²) in [5.74, 6) is 0.907. The Kier molecular flexibility index (Phi) is 5.21. The summed E-state index contributed by atoms with van der Waals surface area (Å²) >= 11 is 0. The standard InChI is InChI=1S/C19H29NO/c1-5-19(4,20-12-6-7-13-20)18(21)14-16-8-10-17(11-9-16)15(2)3/h8-11,15H,5-7,12-14H2,1-4H3. The number of nitrogens with zero attached hydrogens (tertiary/aromatic N) is 1. The zero-order chi connectivity index (χ0) is 15.5. The van der Waals surface area contributed by atoms with E-state index >= 15 is 0 Å². The van der Waals surface area contributed by atoms with Crippen LogP contribution in [0.25, 0.3) is 0 Å². The third-order valence-corrected chi connectivity index (χ3v) is 5.10. The Morgan fingerprint density at radius 3 is 2.24 bits per heavy atom. The lowest BCUT2D eigenvalue weighted by molar-refractivity contribution is -0.129. The Bertz CT molecular complexity index is 471. The number of likely N-dealkylation sites (tertiary alicyclic amines) is 1. The van der Waals surface area contributed by atoms with E-state index < -0.39 is 0 Å².